The van der Waals surface area contributed by atoms with Gasteiger partial charge in [-0.1, -0.05) is 0 Å². The minimum absolute atomic E-state index is 0. The van der Waals surface area contributed by atoms with Gasteiger partial charge in [0.05, 0.1) is 27.7 Å². The highest BCUT2D eigenvalue weighted by atomic mass is 16.3. The second kappa shape index (κ2) is 9.84. The summed E-state index contributed by atoms with van der Waals surface area (Å²) in [5, 5.41) is 16.0. The van der Waals surface area contributed by atoms with Crippen LogP contribution in [0.1, 0.15) is 6.92 Å². The summed E-state index contributed by atoms with van der Waals surface area (Å²) in [4.78, 5) is 0. The molecule has 0 fully saturated rings. The Morgan fingerprint density at radius 3 is 1.36 bits per heavy atom. The molecule has 0 aromatic heterocycles. The molecule has 0 saturated heterocycles. The quantitative estimate of drug-likeness (QED) is 0.545. The van der Waals surface area contributed by atoms with Gasteiger partial charge < -0.3 is 20.2 Å². The Bertz CT molecular complexity index is 61.2. The van der Waals surface area contributed by atoms with Crippen LogP contribution in [0.4, 0.5) is 0 Å². The first-order chi connectivity index (χ1) is 4.47. The number of quaternary nitrogens is 1. The van der Waals surface area contributed by atoms with Gasteiger partial charge in [0.25, 0.3) is 0 Å². The Morgan fingerprint density at radius 1 is 1.09 bits per heavy atom. The Balaban J connectivity index is -0.000000140. The molecule has 11 heavy (non-hydrogen) atoms. The monoisotopic (exact) mass is 167 g/mol. The van der Waals surface area contributed by atoms with Crippen LogP contribution in [0.25, 0.3) is 0 Å². The van der Waals surface area contributed by atoms with Crippen LogP contribution < -0.4 is 0 Å². The summed E-state index contributed by atoms with van der Waals surface area (Å²) in [6.07, 6.45) is 0. The zero-order chi connectivity index (χ0) is 8.62. The van der Waals surface area contributed by atoms with Crippen LogP contribution in [0.2, 0.25) is 0 Å². The standard InChI is InChI=1S/C5H14NO.C2H6O.H2O/c1-6(2,3)4-5-7;1-2-3;/h7H,4-5H2,1-3H3;3H,2H2,1H3;1H2/q+1;;/p-1. The first kappa shape index (κ1) is 17.1. The first-order valence-corrected chi connectivity index (χ1v) is 3.50. The van der Waals surface area contributed by atoms with Crippen LogP contribution in [-0.4, -0.2) is 61.1 Å². The molecule has 0 atom stereocenters. The van der Waals surface area contributed by atoms with Crippen molar-refractivity contribution in [1.29, 1.82) is 0 Å². The lowest BCUT2D eigenvalue weighted by molar-refractivity contribution is -0.870. The number of hydrogen-bond donors (Lipinski definition) is 2. The van der Waals surface area contributed by atoms with Gasteiger partial charge in [-0.25, -0.2) is 0 Å². The third-order valence-corrected chi connectivity index (χ3v) is 0.771. The summed E-state index contributed by atoms with van der Waals surface area (Å²) in [5.74, 6) is 0. The molecule has 0 saturated carbocycles. The maximum Gasteiger partial charge on any atom is 0.101 e. The molecule has 0 unspecified atom stereocenters. The highest BCUT2D eigenvalue weighted by molar-refractivity contribution is 4.19. The molecule has 0 aromatic rings. The zero-order valence-corrected chi connectivity index (χ0v) is 7.91. The third kappa shape index (κ3) is 41.0. The Labute approximate surface area is 69.0 Å². The van der Waals surface area contributed by atoms with Gasteiger partial charge in [0, 0.05) is 6.61 Å². The van der Waals surface area contributed by atoms with E-state index in [1.165, 1.54) is 0 Å². The molecule has 0 amide bonds. The van der Waals surface area contributed by atoms with Crippen LogP contribution in [-0.2, 0) is 0 Å². The normalized spacial score (nSPS) is 9.27. The second-order valence-corrected chi connectivity index (χ2v) is 3.05. The minimum Gasteiger partial charge on any atom is -0.870 e. The van der Waals surface area contributed by atoms with Gasteiger partial charge in [0.1, 0.15) is 6.54 Å². The van der Waals surface area contributed by atoms with E-state index in [4.69, 9.17) is 10.2 Å². The molecule has 4 heteroatoms. The average molecular weight is 167 g/mol. The van der Waals surface area contributed by atoms with Crippen LogP contribution in [0.15, 0.2) is 0 Å². The molecule has 0 bridgehead atoms. The highest BCUT2D eigenvalue weighted by Gasteiger charge is 2.02. The van der Waals surface area contributed by atoms with Crippen LogP contribution in [0.5, 0.6) is 0 Å². The van der Waals surface area contributed by atoms with E-state index in [-0.39, 0.29) is 18.7 Å². The molecule has 3 N–H and O–H groups in total. The van der Waals surface area contributed by atoms with Gasteiger partial charge in [-0.2, -0.15) is 0 Å². The molecule has 0 aliphatic rings. The lowest BCUT2D eigenvalue weighted by Crippen LogP contribution is -2.36. The summed E-state index contributed by atoms with van der Waals surface area (Å²) >= 11 is 0. The van der Waals surface area contributed by atoms with E-state index in [0.29, 0.717) is 0 Å². The van der Waals surface area contributed by atoms with Crippen LogP contribution in [0.3, 0.4) is 0 Å². The number of aliphatic hydroxyl groups excluding tert-OH is 2. The van der Waals surface area contributed by atoms with Crippen molar-refractivity contribution >= 4 is 0 Å². The summed E-state index contributed by atoms with van der Waals surface area (Å²) in [6.45, 7) is 3.05. The van der Waals surface area contributed by atoms with Crippen molar-refractivity contribution in [2.24, 2.45) is 0 Å². The van der Waals surface area contributed by atoms with Crippen molar-refractivity contribution in [2.75, 3.05) is 40.9 Å². The summed E-state index contributed by atoms with van der Waals surface area (Å²) < 4.78 is 0.844. The predicted molar refractivity (Wildman–Crippen MR) is 44.7 cm³/mol. The fourth-order valence-corrected chi connectivity index (χ4v) is 0.300. The van der Waals surface area contributed by atoms with Crippen molar-refractivity contribution in [1.82, 2.24) is 0 Å². The van der Waals surface area contributed by atoms with E-state index < -0.39 is 0 Å². The van der Waals surface area contributed by atoms with Gasteiger partial charge in [-0.3, -0.25) is 0 Å². The lowest BCUT2D eigenvalue weighted by atomic mass is 10.5. The lowest BCUT2D eigenvalue weighted by Gasteiger charge is -2.21. The molecule has 0 aliphatic heterocycles. The zero-order valence-electron chi connectivity index (χ0n) is 7.91. The van der Waals surface area contributed by atoms with Crippen molar-refractivity contribution < 1.29 is 20.2 Å². The molecule has 0 aromatic carbocycles. The van der Waals surface area contributed by atoms with E-state index >= 15 is 0 Å². The van der Waals surface area contributed by atoms with Gasteiger partial charge >= 0.3 is 0 Å². The fraction of sp³-hybridized carbons (Fsp3) is 1.00. The molecule has 0 spiro atoms. The van der Waals surface area contributed by atoms with Crippen molar-refractivity contribution in [2.45, 2.75) is 6.92 Å². The first-order valence-electron chi connectivity index (χ1n) is 3.50. The van der Waals surface area contributed by atoms with Crippen LogP contribution in [0, 0.1) is 0 Å². The van der Waals surface area contributed by atoms with E-state index in [2.05, 4.69) is 21.1 Å². The number of nitrogens with zero attached hydrogens (tertiary/aromatic N) is 1. The minimum atomic E-state index is 0. The molecule has 0 rings (SSSR count). The Morgan fingerprint density at radius 2 is 1.36 bits per heavy atom. The van der Waals surface area contributed by atoms with E-state index in [0.717, 1.165) is 11.0 Å². The maximum absolute atomic E-state index is 8.39. The summed E-state index contributed by atoms with van der Waals surface area (Å²) in [6, 6.07) is 0. The molecular weight excluding hydrogens is 146 g/mol. The average Bonchev–Trinajstić information content (AvgIpc) is 1.63. The van der Waals surface area contributed by atoms with E-state index in [1.807, 2.05) is 0 Å². The predicted octanol–water partition coefficient (Wildman–Crippen LogP) is -0.493. The van der Waals surface area contributed by atoms with Crippen molar-refractivity contribution in [3.05, 3.63) is 0 Å². The number of rotatable bonds is 2. The van der Waals surface area contributed by atoms with Gasteiger partial charge in [0.15, 0.2) is 0 Å². The fourth-order valence-electron chi connectivity index (χ4n) is 0.300. The number of likely N-dealkylation sites (N-methyl/N-ethyl adjacent to an activating group) is 1. The summed E-state index contributed by atoms with van der Waals surface area (Å²) in [5.41, 5.74) is 0. The van der Waals surface area contributed by atoms with Crippen LogP contribution >= 0.6 is 0 Å². The SMILES string of the molecule is CCO.C[N+](C)(C)CCO.[OH-]. The third-order valence-electron chi connectivity index (χ3n) is 0.771. The van der Waals surface area contributed by atoms with Gasteiger partial charge in [-0.15, -0.1) is 0 Å². The van der Waals surface area contributed by atoms with Crippen molar-refractivity contribution in [3.63, 3.8) is 0 Å². The van der Waals surface area contributed by atoms with E-state index in [9.17, 15) is 0 Å². The van der Waals surface area contributed by atoms with Crippen molar-refractivity contribution in [3.8, 4) is 0 Å². The number of hydrogen-bond acceptors (Lipinski definition) is 3. The Hall–Kier alpha value is -0.160. The second-order valence-electron chi connectivity index (χ2n) is 3.05. The molecule has 0 aliphatic carbocycles. The molecular formula is C7H21NO3. The maximum atomic E-state index is 8.39. The largest absolute Gasteiger partial charge is 0.870 e. The smallest absolute Gasteiger partial charge is 0.101 e. The number of aliphatic hydroxyl groups is 2. The molecule has 4 nitrogen and oxygen atoms in total. The van der Waals surface area contributed by atoms with Gasteiger partial charge in [0.2, 0.25) is 0 Å². The van der Waals surface area contributed by atoms with Gasteiger partial charge in [-0.05, 0) is 6.92 Å². The van der Waals surface area contributed by atoms with E-state index in [1.54, 1.807) is 6.92 Å². The highest BCUT2D eigenvalue weighted by Crippen LogP contribution is 1.84. The molecule has 0 radical (unpaired) electrons. The topological polar surface area (TPSA) is 70.5 Å². The summed E-state index contributed by atoms with van der Waals surface area (Å²) in [7, 11) is 6.16. The molecule has 72 valence electrons. The molecule has 0 heterocycles. The Kier molecular flexibility index (Phi) is 15.3.